The third-order valence-corrected chi connectivity index (χ3v) is 7.64. The van der Waals surface area contributed by atoms with Gasteiger partial charge in [0.1, 0.15) is 18.1 Å². The standard InChI is InChI=1S/C32H35N5O5/c1-22-8-3-4-9-23(22)17-18-36(29(38)21-37-28-12-6-5-11-27(28)34-35-37)30(31(39)33-20-26-10-7-19-42-26)24-13-15-25(16-14-24)32(40)41-2/h3-6,8-9,11-16,26,30H,7,10,17-21H2,1-2H3,(H,33,39)/t26-,30+/m0/s1. The van der Waals surface area contributed by atoms with E-state index in [1.807, 2.05) is 55.5 Å². The largest absolute Gasteiger partial charge is 0.465 e. The maximum absolute atomic E-state index is 14.1. The van der Waals surface area contributed by atoms with E-state index in [4.69, 9.17) is 9.47 Å². The molecule has 0 unspecified atom stereocenters. The topological polar surface area (TPSA) is 116 Å². The van der Waals surface area contributed by atoms with Gasteiger partial charge in [0.2, 0.25) is 11.8 Å². The average molecular weight is 570 g/mol. The summed E-state index contributed by atoms with van der Waals surface area (Å²) in [5.74, 6) is -1.09. The first-order chi connectivity index (χ1) is 20.4. The fourth-order valence-corrected chi connectivity index (χ4v) is 5.29. The predicted molar refractivity (Wildman–Crippen MR) is 157 cm³/mol. The number of esters is 1. The number of carbonyl (C=O) groups excluding carboxylic acids is 3. The quantitative estimate of drug-likeness (QED) is 0.274. The van der Waals surface area contributed by atoms with E-state index < -0.39 is 12.0 Å². The SMILES string of the molecule is COC(=O)c1ccc([C@H](C(=O)NC[C@@H]2CCCO2)N(CCc2ccccc2C)C(=O)Cn2nnc3ccccc32)cc1. The van der Waals surface area contributed by atoms with E-state index in [2.05, 4.69) is 15.6 Å². The lowest BCUT2D eigenvalue weighted by atomic mass is 10.00. The van der Waals surface area contributed by atoms with Gasteiger partial charge in [0.05, 0.1) is 24.3 Å². The van der Waals surface area contributed by atoms with Crippen LogP contribution in [0.5, 0.6) is 0 Å². The first kappa shape index (κ1) is 28.9. The van der Waals surface area contributed by atoms with Crippen molar-refractivity contribution in [2.75, 3.05) is 26.8 Å². The first-order valence-electron chi connectivity index (χ1n) is 14.1. The third kappa shape index (κ3) is 6.66. The van der Waals surface area contributed by atoms with Crippen LogP contribution in [0.2, 0.25) is 0 Å². The molecule has 1 aliphatic rings. The van der Waals surface area contributed by atoms with Crippen LogP contribution in [0.3, 0.4) is 0 Å². The number of carbonyl (C=O) groups is 3. The lowest BCUT2D eigenvalue weighted by Crippen LogP contribution is -2.47. The number of nitrogens with zero attached hydrogens (tertiary/aromatic N) is 4. The molecule has 0 bridgehead atoms. The van der Waals surface area contributed by atoms with Crippen LogP contribution >= 0.6 is 0 Å². The molecule has 1 fully saturated rings. The van der Waals surface area contributed by atoms with E-state index >= 15 is 0 Å². The maximum atomic E-state index is 14.1. The Labute approximate surface area is 244 Å². The Kier molecular flexibility index (Phi) is 9.23. The molecule has 42 heavy (non-hydrogen) atoms. The highest BCUT2D eigenvalue weighted by Gasteiger charge is 2.33. The van der Waals surface area contributed by atoms with Crippen LogP contribution in [0.25, 0.3) is 11.0 Å². The van der Waals surface area contributed by atoms with Crippen LogP contribution in [0.1, 0.15) is 45.9 Å². The number of nitrogens with one attached hydrogen (secondary N) is 1. The average Bonchev–Trinajstić information content (AvgIpc) is 3.69. The second kappa shape index (κ2) is 13.4. The summed E-state index contributed by atoms with van der Waals surface area (Å²) >= 11 is 0. The van der Waals surface area contributed by atoms with Gasteiger partial charge in [-0.15, -0.1) is 5.10 Å². The van der Waals surface area contributed by atoms with Crippen LogP contribution in [-0.2, 0) is 32.0 Å². The van der Waals surface area contributed by atoms with Crippen LogP contribution in [0.4, 0.5) is 0 Å². The lowest BCUT2D eigenvalue weighted by Gasteiger charge is -2.32. The number of para-hydroxylation sites is 1. The van der Waals surface area contributed by atoms with Crippen molar-refractivity contribution in [3.63, 3.8) is 0 Å². The molecule has 2 atom stereocenters. The van der Waals surface area contributed by atoms with Crippen molar-refractivity contribution in [2.24, 2.45) is 0 Å². The molecule has 10 nitrogen and oxygen atoms in total. The van der Waals surface area contributed by atoms with Gasteiger partial charge in [-0.25, -0.2) is 9.48 Å². The Morgan fingerprint density at radius 3 is 2.57 bits per heavy atom. The predicted octanol–water partition coefficient (Wildman–Crippen LogP) is 3.63. The van der Waals surface area contributed by atoms with Gasteiger partial charge in [0.25, 0.3) is 0 Å². The minimum atomic E-state index is -0.954. The zero-order chi connectivity index (χ0) is 29.5. The second-order valence-electron chi connectivity index (χ2n) is 10.4. The number of hydrogen-bond donors (Lipinski definition) is 1. The van der Waals surface area contributed by atoms with Gasteiger partial charge in [0.15, 0.2) is 0 Å². The van der Waals surface area contributed by atoms with Gasteiger partial charge in [-0.3, -0.25) is 9.59 Å². The molecule has 1 aromatic heterocycles. The molecule has 2 heterocycles. The minimum Gasteiger partial charge on any atom is -0.465 e. The van der Waals surface area contributed by atoms with Crippen molar-refractivity contribution in [2.45, 2.75) is 44.9 Å². The van der Waals surface area contributed by atoms with Crippen LogP contribution in [-0.4, -0.2) is 70.6 Å². The van der Waals surface area contributed by atoms with E-state index in [9.17, 15) is 14.4 Å². The van der Waals surface area contributed by atoms with Crippen molar-refractivity contribution in [3.8, 4) is 0 Å². The van der Waals surface area contributed by atoms with E-state index in [0.717, 1.165) is 29.5 Å². The first-order valence-corrected chi connectivity index (χ1v) is 14.1. The molecule has 4 aromatic rings. The van der Waals surface area contributed by atoms with Crippen molar-refractivity contribution < 1.29 is 23.9 Å². The number of fused-ring (bicyclic) bond motifs is 1. The molecule has 10 heteroatoms. The fourth-order valence-electron chi connectivity index (χ4n) is 5.29. The number of ether oxygens (including phenoxy) is 2. The highest BCUT2D eigenvalue weighted by molar-refractivity contribution is 5.91. The Hall–Kier alpha value is -4.57. The monoisotopic (exact) mass is 569 g/mol. The number of aromatic nitrogens is 3. The van der Waals surface area contributed by atoms with Gasteiger partial charge in [-0.2, -0.15) is 0 Å². The second-order valence-corrected chi connectivity index (χ2v) is 10.4. The number of aryl methyl sites for hydroxylation is 1. The summed E-state index contributed by atoms with van der Waals surface area (Å²) < 4.78 is 12.1. The van der Waals surface area contributed by atoms with E-state index in [-0.39, 0.29) is 31.0 Å². The smallest absolute Gasteiger partial charge is 0.337 e. The lowest BCUT2D eigenvalue weighted by molar-refractivity contribution is -0.141. The summed E-state index contributed by atoms with van der Waals surface area (Å²) in [6.45, 7) is 3.24. The molecule has 0 saturated carbocycles. The normalized spacial score (nSPS) is 15.3. The number of amides is 2. The summed E-state index contributed by atoms with van der Waals surface area (Å²) in [5, 5.41) is 11.4. The molecule has 1 N–H and O–H groups in total. The molecular weight excluding hydrogens is 534 g/mol. The molecule has 5 rings (SSSR count). The highest BCUT2D eigenvalue weighted by atomic mass is 16.5. The van der Waals surface area contributed by atoms with Crippen molar-refractivity contribution in [1.29, 1.82) is 0 Å². The van der Waals surface area contributed by atoms with Crippen LogP contribution in [0, 0.1) is 6.92 Å². The zero-order valence-electron chi connectivity index (χ0n) is 23.9. The van der Waals surface area contributed by atoms with Gasteiger partial charge < -0.3 is 19.7 Å². The zero-order valence-corrected chi connectivity index (χ0v) is 23.9. The van der Waals surface area contributed by atoms with Crippen molar-refractivity contribution in [3.05, 3.63) is 95.1 Å². The molecule has 3 aromatic carbocycles. The van der Waals surface area contributed by atoms with E-state index in [1.54, 1.807) is 33.8 Å². The number of rotatable bonds is 11. The number of benzene rings is 3. The maximum Gasteiger partial charge on any atom is 0.337 e. The summed E-state index contributed by atoms with van der Waals surface area (Å²) in [6, 6.07) is 21.1. The molecule has 218 valence electrons. The Morgan fingerprint density at radius 2 is 1.83 bits per heavy atom. The number of methoxy groups -OCH3 is 1. The third-order valence-electron chi connectivity index (χ3n) is 7.64. The van der Waals surface area contributed by atoms with Crippen LogP contribution < -0.4 is 5.32 Å². The Balaban J connectivity index is 1.49. The van der Waals surface area contributed by atoms with Gasteiger partial charge in [-0.05, 0) is 67.1 Å². The number of hydrogen-bond acceptors (Lipinski definition) is 7. The van der Waals surface area contributed by atoms with Gasteiger partial charge in [0, 0.05) is 19.7 Å². The molecule has 2 amide bonds. The molecule has 0 aliphatic carbocycles. The molecule has 0 spiro atoms. The Morgan fingerprint density at radius 1 is 1.07 bits per heavy atom. The van der Waals surface area contributed by atoms with Crippen molar-refractivity contribution >= 4 is 28.8 Å². The molecule has 0 radical (unpaired) electrons. The van der Waals surface area contributed by atoms with Crippen LogP contribution in [0.15, 0.2) is 72.8 Å². The minimum absolute atomic E-state index is 0.0612. The molecule has 1 aliphatic heterocycles. The van der Waals surface area contributed by atoms with Gasteiger partial charge >= 0.3 is 5.97 Å². The van der Waals surface area contributed by atoms with Crippen molar-refractivity contribution in [1.82, 2.24) is 25.2 Å². The summed E-state index contributed by atoms with van der Waals surface area (Å²) in [7, 11) is 1.32. The molecule has 1 saturated heterocycles. The Bertz CT molecular complexity index is 1540. The summed E-state index contributed by atoms with van der Waals surface area (Å²) in [6.07, 6.45) is 2.31. The highest BCUT2D eigenvalue weighted by Crippen LogP contribution is 2.25. The summed E-state index contributed by atoms with van der Waals surface area (Å²) in [5.41, 5.74) is 4.53. The molecular formula is C32H35N5O5. The fraction of sp³-hybridized carbons (Fsp3) is 0.344. The van der Waals surface area contributed by atoms with Gasteiger partial charge in [-0.1, -0.05) is 53.7 Å². The van der Waals surface area contributed by atoms with E-state index in [0.29, 0.717) is 36.2 Å². The summed E-state index contributed by atoms with van der Waals surface area (Å²) in [4.78, 5) is 41.7. The van der Waals surface area contributed by atoms with E-state index in [1.165, 1.54) is 7.11 Å².